The Morgan fingerprint density at radius 2 is 0.750 bits per heavy atom. The number of hydrogen-bond acceptors (Lipinski definition) is 8. The fraction of sp³-hybridized carbons (Fsp3) is 0.200. The Bertz CT molecular complexity index is 1780. The van der Waals surface area contributed by atoms with Gasteiger partial charge in [-0.2, -0.15) is 0 Å². The molecule has 0 amide bonds. The van der Waals surface area contributed by atoms with Crippen LogP contribution < -0.4 is 10.6 Å². The van der Waals surface area contributed by atoms with E-state index >= 15 is 0 Å². The van der Waals surface area contributed by atoms with Gasteiger partial charge in [0, 0.05) is 35.3 Å². The zero-order valence-corrected chi connectivity index (χ0v) is 26.9. The van der Waals surface area contributed by atoms with Crippen molar-refractivity contribution in [2.75, 3.05) is 23.7 Å². The lowest BCUT2D eigenvalue weighted by Crippen LogP contribution is -2.07. The largest absolute Gasteiger partial charge is 0.507 e. The molecule has 0 unspecified atom stereocenters. The molecule has 0 saturated carbocycles. The third-order valence-corrected chi connectivity index (χ3v) is 8.12. The predicted octanol–water partition coefficient (Wildman–Crippen LogP) is 9.21. The van der Waals surface area contributed by atoms with Gasteiger partial charge in [0.25, 0.3) is 0 Å². The summed E-state index contributed by atoms with van der Waals surface area (Å²) in [7, 11) is 0. The molecule has 0 aliphatic rings. The number of aromatic nitrogens is 4. The number of phenolic OH excluding ortho intramolecular Hbond substituents is 2. The summed E-state index contributed by atoms with van der Waals surface area (Å²) in [6.07, 6.45) is 6.53. The number of benzene rings is 4. The third kappa shape index (κ3) is 8.53. The number of hydrogen-bond donors (Lipinski definition) is 4. The SMILES string of the molecule is Oc1ccccc1-c1cc(-c2ccccc2)nc(NCCCCCCCCNc2nc(-c3ccccc3)cc(-c3ccccc3O)n2)n1. The van der Waals surface area contributed by atoms with Gasteiger partial charge in [-0.3, -0.25) is 0 Å². The molecule has 8 heteroatoms. The molecule has 8 nitrogen and oxygen atoms in total. The molecule has 0 aliphatic carbocycles. The van der Waals surface area contributed by atoms with Gasteiger partial charge in [-0.15, -0.1) is 0 Å². The lowest BCUT2D eigenvalue weighted by molar-refractivity contribution is 0.476. The minimum atomic E-state index is 0.196. The number of phenols is 2. The molecule has 2 aromatic heterocycles. The highest BCUT2D eigenvalue weighted by Gasteiger charge is 2.13. The Hall–Kier alpha value is -5.76. The number of aromatic hydroxyl groups is 2. The summed E-state index contributed by atoms with van der Waals surface area (Å²) in [4.78, 5) is 19.0. The molecule has 2 heterocycles. The van der Waals surface area contributed by atoms with Gasteiger partial charge in [0.15, 0.2) is 0 Å². The van der Waals surface area contributed by atoms with E-state index in [2.05, 4.69) is 10.6 Å². The van der Waals surface area contributed by atoms with Crippen LogP contribution in [0, 0.1) is 0 Å². The maximum atomic E-state index is 10.4. The minimum Gasteiger partial charge on any atom is -0.507 e. The first-order chi connectivity index (χ1) is 23.6. The zero-order chi connectivity index (χ0) is 33.0. The average molecular weight is 637 g/mol. The summed E-state index contributed by atoms with van der Waals surface area (Å²) >= 11 is 0. The van der Waals surface area contributed by atoms with E-state index in [0.29, 0.717) is 34.4 Å². The molecule has 48 heavy (non-hydrogen) atoms. The highest BCUT2D eigenvalue weighted by atomic mass is 16.3. The molecular formula is C40H40N6O2. The summed E-state index contributed by atoms with van der Waals surface area (Å²) in [6, 6.07) is 38.4. The van der Waals surface area contributed by atoms with Crippen LogP contribution in [0.25, 0.3) is 45.0 Å². The summed E-state index contributed by atoms with van der Waals surface area (Å²) in [5.41, 5.74) is 6.36. The molecular weight excluding hydrogens is 596 g/mol. The fourth-order valence-corrected chi connectivity index (χ4v) is 5.58. The predicted molar refractivity (Wildman–Crippen MR) is 194 cm³/mol. The monoisotopic (exact) mass is 636 g/mol. The molecule has 0 spiro atoms. The van der Waals surface area contributed by atoms with Gasteiger partial charge in [-0.25, -0.2) is 19.9 Å². The van der Waals surface area contributed by atoms with E-state index in [9.17, 15) is 10.2 Å². The Morgan fingerprint density at radius 3 is 1.17 bits per heavy atom. The average Bonchev–Trinajstić information content (AvgIpc) is 3.13. The van der Waals surface area contributed by atoms with Crippen molar-refractivity contribution in [1.29, 1.82) is 0 Å². The molecule has 0 bridgehead atoms. The second kappa shape index (κ2) is 16.2. The number of nitrogens with one attached hydrogen (secondary N) is 2. The van der Waals surface area contributed by atoms with E-state index in [0.717, 1.165) is 74.1 Å². The first-order valence-corrected chi connectivity index (χ1v) is 16.6. The molecule has 6 rings (SSSR count). The van der Waals surface area contributed by atoms with Gasteiger partial charge in [0.1, 0.15) is 11.5 Å². The van der Waals surface area contributed by atoms with Crippen LogP contribution in [-0.2, 0) is 0 Å². The quantitative estimate of drug-likeness (QED) is 0.0825. The zero-order valence-electron chi connectivity index (χ0n) is 26.9. The second-order valence-electron chi connectivity index (χ2n) is 11.7. The maximum absolute atomic E-state index is 10.4. The van der Waals surface area contributed by atoms with Crippen LogP contribution in [0.5, 0.6) is 11.5 Å². The van der Waals surface area contributed by atoms with Crippen molar-refractivity contribution in [3.05, 3.63) is 121 Å². The van der Waals surface area contributed by atoms with E-state index in [1.807, 2.05) is 109 Å². The van der Waals surface area contributed by atoms with Crippen molar-refractivity contribution in [2.45, 2.75) is 38.5 Å². The number of unbranched alkanes of at least 4 members (excludes halogenated alkanes) is 5. The number of para-hydroxylation sites is 2. The normalized spacial score (nSPS) is 10.9. The summed E-state index contributed by atoms with van der Waals surface area (Å²) in [6.45, 7) is 1.54. The topological polar surface area (TPSA) is 116 Å². The fourth-order valence-electron chi connectivity index (χ4n) is 5.58. The number of nitrogens with zero attached hydrogens (tertiary/aromatic N) is 4. The number of rotatable bonds is 15. The van der Waals surface area contributed by atoms with E-state index in [1.165, 1.54) is 0 Å². The standard InChI is InChI=1S/C40H40N6O2/c47-37-23-13-11-21-31(37)35-27-33(29-17-7-5-8-18-29)43-39(45-35)41-25-15-3-1-2-4-16-26-42-40-44-34(30-19-9-6-10-20-30)28-36(46-40)32-22-12-14-24-38(32)48/h5-14,17-24,27-28,47-48H,1-4,15-16,25-26H2,(H,41,43,45)(H,42,44,46). The lowest BCUT2D eigenvalue weighted by atomic mass is 10.1. The molecule has 4 aromatic carbocycles. The molecule has 0 radical (unpaired) electrons. The van der Waals surface area contributed by atoms with Gasteiger partial charge >= 0.3 is 0 Å². The summed E-state index contributed by atoms with van der Waals surface area (Å²) < 4.78 is 0. The van der Waals surface area contributed by atoms with Crippen LogP contribution in [0.1, 0.15) is 38.5 Å². The van der Waals surface area contributed by atoms with Crippen LogP contribution in [-0.4, -0.2) is 43.2 Å². The van der Waals surface area contributed by atoms with Crippen LogP contribution in [0.3, 0.4) is 0 Å². The molecule has 0 atom stereocenters. The second-order valence-corrected chi connectivity index (χ2v) is 11.7. The van der Waals surface area contributed by atoms with Gasteiger partial charge in [-0.1, -0.05) is 111 Å². The van der Waals surface area contributed by atoms with E-state index in [-0.39, 0.29) is 11.5 Å². The van der Waals surface area contributed by atoms with Crippen molar-refractivity contribution in [1.82, 2.24) is 19.9 Å². The van der Waals surface area contributed by atoms with Gasteiger partial charge in [0.05, 0.1) is 22.8 Å². The highest BCUT2D eigenvalue weighted by molar-refractivity contribution is 5.74. The molecule has 4 N–H and O–H groups in total. The first kappa shape index (κ1) is 32.2. The van der Waals surface area contributed by atoms with Crippen molar-refractivity contribution in [3.63, 3.8) is 0 Å². The van der Waals surface area contributed by atoms with Crippen molar-refractivity contribution in [3.8, 4) is 56.5 Å². The van der Waals surface area contributed by atoms with Crippen molar-refractivity contribution >= 4 is 11.9 Å². The summed E-state index contributed by atoms with van der Waals surface area (Å²) in [5.74, 6) is 1.51. The van der Waals surface area contributed by atoms with Gasteiger partial charge < -0.3 is 20.8 Å². The van der Waals surface area contributed by atoms with Crippen molar-refractivity contribution in [2.24, 2.45) is 0 Å². The molecule has 0 fully saturated rings. The maximum Gasteiger partial charge on any atom is 0.223 e. The third-order valence-electron chi connectivity index (χ3n) is 8.12. The number of anilines is 2. The van der Waals surface area contributed by atoms with E-state index in [1.54, 1.807) is 12.1 Å². The summed E-state index contributed by atoms with van der Waals surface area (Å²) in [5, 5.41) is 27.7. The Labute approximate surface area is 281 Å². The van der Waals surface area contributed by atoms with Gasteiger partial charge in [-0.05, 0) is 49.2 Å². The van der Waals surface area contributed by atoms with E-state index in [4.69, 9.17) is 19.9 Å². The Kier molecular flexibility index (Phi) is 10.9. The Morgan fingerprint density at radius 1 is 0.396 bits per heavy atom. The van der Waals surface area contributed by atoms with Crippen LogP contribution >= 0.6 is 0 Å². The first-order valence-electron chi connectivity index (χ1n) is 16.6. The van der Waals surface area contributed by atoms with Crippen molar-refractivity contribution < 1.29 is 10.2 Å². The molecule has 0 aliphatic heterocycles. The van der Waals surface area contributed by atoms with Gasteiger partial charge in [0.2, 0.25) is 11.9 Å². The minimum absolute atomic E-state index is 0.196. The van der Waals surface area contributed by atoms with E-state index < -0.39 is 0 Å². The Balaban J connectivity index is 0.969. The van der Waals surface area contributed by atoms with Crippen LogP contribution in [0.15, 0.2) is 121 Å². The van der Waals surface area contributed by atoms with Crippen LogP contribution in [0.2, 0.25) is 0 Å². The van der Waals surface area contributed by atoms with Crippen LogP contribution in [0.4, 0.5) is 11.9 Å². The molecule has 0 saturated heterocycles. The molecule has 242 valence electrons. The lowest BCUT2D eigenvalue weighted by Gasteiger charge is -2.11. The molecule has 6 aromatic rings. The smallest absolute Gasteiger partial charge is 0.223 e. The highest BCUT2D eigenvalue weighted by Crippen LogP contribution is 2.32.